The molecule has 7 heteroatoms. The van der Waals surface area contributed by atoms with Crippen molar-refractivity contribution < 1.29 is 19.1 Å². The molecule has 0 unspecified atom stereocenters. The van der Waals surface area contributed by atoms with Crippen molar-refractivity contribution >= 4 is 17.8 Å². The lowest BCUT2D eigenvalue weighted by Gasteiger charge is -2.33. The van der Waals surface area contributed by atoms with Crippen LogP contribution in [0, 0.1) is 0 Å². The number of rotatable bonds is 3. The molecule has 1 aliphatic heterocycles. The molecule has 1 fully saturated rings. The molecule has 1 aromatic carbocycles. The number of nitrogens with zero attached hydrogens (tertiary/aromatic N) is 1. The maximum Gasteiger partial charge on any atom is 0.410 e. The zero-order chi connectivity index (χ0) is 18.4. The van der Waals surface area contributed by atoms with Crippen LogP contribution in [0.2, 0.25) is 0 Å². The molecule has 0 radical (unpaired) electrons. The van der Waals surface area contributed by atoms with Gasteiger partial charge in [0.1, 0.15) is 11.4 Å². The number of carbonyl (C=O) groups excluding carboxylic acids is 2. The summed E-state index contributed by atoms with van der Waals surface area (Å²) < 4.78 is 10.6. The normalized spacial score (nSPS) is 15.4. The van der Waals surface area contributed by atoms with Gasteiger partial charge in [-0.05, 0) is 45.7 Å². The number of urea groups is 1. The fourth-order valence-electron chi connectivity index (χ4n) is 2.62. The lowest BCUT2D eigenvalue weighted by Crippen LogP contribution is -2.48. The summed E-state index contributed by atoms with van der Waals surface area (Å²) in [4.78, 5) is 25.9. The number of carbonyl (C=O) groups is 2. The molecule has 2 N–H and O–H groups in total. The number of para-hydroxylation sites is 2. The lowest BCUT2D eigenvalue weighted by molar-refractivity contribution is 0.0202. The summed E-state index contributed by atoms with van der Waals surface area (Å²) in [5.74, 6) is 0.609. The summed E-state index contributed by atoms with van der Waals surface area (Å²) in [5.41, 5.74) is 0.120. The summed E-state index contributed by atoms with van der Waals surface area (Å²) in [5, 5.41) is 5.74. The Balaban J connectivity index is 1.80. The van der Waals surface area contributed by atoms with Gasteiger partial charge in [0.25, 0.3) is 0 Å². The van der Waals surface area contributed by atoms with Gasteiger partial charge in [0.05, 0.1) is 12.8 Å². The van der Waals surface area contributed by atoms with Gasteiger partial charge >= 0.3 is 12.1 Å². The van der Waals surface area contributed by atoms with Crippen LogP contribution in [0.3, 0.4) is 0 Å². The number of likely N-dealkylation sites (tertiary alicyclic amines) is 1. The average Bonchev–Trinajstić information content (AvgIpc) is 2.54. The van der Waals surface area contributed by atoms with Gasteiger partial charge in [0, 0.05) is 19.1 Å². The van der Waals surface area contributed by atoms with Crippen molar-refractivity contribution in [3.8, 4) is 5.75 Å². The standard InChI is InChI=1S/C18H27N3O4/c1-18(2,3)25-17(23)21-11-9-13(10-12-21)19-16(22)20-14-7-5-6-8-15(14)24-4/h5-8,13H,9-12H2,1-4H3,(H2,19,20,22). The molecule has 138 valence electrons. The third-order valence-electron chi connectivity index (χ3n) is 3.84. The van der Waals surface area contributed by atoms with Crippen LogP contribution < -0.4 is 15.4 Å². The first-order valence-electron chi connectivity index (χ1n) is 8.47. The molecule has 1 aliphatic rings. The van der Waals surface area contributed by atoms with E-state index in [1.807, 2.05) is 32.9 Å². The van der Waals surface area contributed by atoms with E-state index in [1.54, 1.807) is 24.1 Å². The zero-order valence-corrected chi connectivity index (χ0v) is 15.3. The maximum atomic E-state index is 12.2. The van der Waals surface area contributed by atoms with E-state index in [4.69, 9.17) is 9.47 Å². The zero-order valence-electron chi connectivity index (χ0n) is 15.3. The Morgan fingerprint density at radius 1 is 1.16 bits per heavy atom. The second-order valence-electron chi connectivity index (χ2n) is 7.04. The molecule has 0 aliphatic carbocycles. The van der Waals surface area contributed by atoms with E-state index >= 15 is 0 Å². The number of benzene rings is 1. The summed E-state index contributed by atoms with van der Waals surface area (Å²) in [6.45, 7) is 6.67. The number of amides is 3. The largest absolute Gasteiger partial charge is 0.495 e. The van der Waals surface area contributed by atoms with Crippen LogP contribution in [0.5, 0.6) is 5.75 Å². The van der Waals surface area contributed by atoms with Gasteiger partial charge in [0.15, 0.2) is 0 Å². The molecule has 0 aromatic heterocycles. The summed E-state index contributed by atoms with van der Waals surface area (Å²) >= 11 is 0. The first-order chi connectivity index (χ1) is 11.8. The van der Waals surface area contributed by atoms with E-state index in [-0.39, 0.29) is 18.2 Å². The monoisotopic (exact) mass is 349 g/mol. The van der Waals surface area contributed by atoms with Crippen molar-refractivity contribution in [3.63, 3.8) is 0 Å². The van der Waals surface area contributed by atoms with Gasteiger partial charge in [-0.1, -0.05) is 12.1 Å². The van der Waals surface area contributed by atoms with Crippen molar-refractivity contribution in [1.29, 1.82) is 0 Å². The molecule has 0 spiro atoms. The molecule has 0 bridgehead atoms. The molecule has 25 heavy (non-hydrogen) atoms. The number of nitrogens with one attached hydrogen (secondary N) is 2. The Morgan fingerprint density at radius 2 is 1.80 bits per heavy atom. The minimum Gasteiger partial charge on any atom is -0.495 e. The maximum absolute atomic E-state index is 12.2. The van der Waals surface area contributed by atoms with E-state index < -0.39 is 5.60 Å². The van der Waals surface area contributed by atoms with Crippen molar-refractivity contribution in [2.24, 2.45) is 0 Å². The fourth-order valence-corrected chi connectivity index (χ4v) is 2.62. The van der Waals surface area contributed by atoms with Crippen LogP contribution in [0.1, 0.15) is 33.6 Å². The van der Waals surface area contributed by atoms with Crippen molar-refractivity contribution in [3.05, 3.63) is 24.3 Å². The molecule has 0 saturated carbocycles. The van der Waals surface area contributed by atoms with E-state index in [0.717, 1.165) is 0 Å². The Kier molecular flexibility index (Phi) is 6.12. The average molecular weight is 349 g/mol. The molecule has 1 saturated heterocycles. The highest BCUT2D eigenvalue weighted by Crippen LogP contribution is 2.23. The SMILES string of the molecule is COc1ccccc1NC(=O)NC1CCN(C(=O)OC(C)(C)C)CC1. The minimum absolute atomic E-state index is 0.0217. The van der Waals surface area contributed by atoms with E-state index in [1.165, 1.54) is 0 Å². The Morgan fingerprint density at radius 3 is 2.40 bits per heavy atom. The van der Waals surface area contributed by atoms with Gasteiger partial charge in [0.2, 0.25) is 0 Å². The molecule has 1 heterocycles. The first-order valence-corrected chi connectivity index (χ1v) is 8.47. The quantitative estimate of drug-likeness (QED) is 0.878. The van der Waals surface area contributed by atoms with Crippen LogP contribution in [0.4, 0.5) is 15.3 Å². The highest BCUT2D eigenvalue weighted by atomic mass is 16.6. The highest BCUT2D eigenvalue weighted by Gasteiger charge is 2.27. The lowest BCUT2D eigenvalue weighted by atomic mass is 10.1. The number of hydrogen-bond acceptors (Lipinski definition) is 4. The second-order valence-corrected chi connectivity index (χ2v) is 7.04. The number of piperidine rings is 1. The van der Waals surface area contributed by atoms with Crippen LogP contribution in [-0.4, -0.2) is 48.9 Å². The van der Waals surface area contributed by atoms with E-state index in [2.05, 4.69) is 10.6 Å². The number of anilines is 1. The molecule has 7 nitrogen and oxygen atoms in total. The summed E-state index contributed by atoms with van der Waals surface area (Å²) in [6, 6.07) is 6.98. The van der Waals surface area contributed by atoms with Crippen molar-refractivity contribution in [1.82, 2.24) is 10.2 Å². The number of methoxy groups -OCH3 is 1. The Hall–Kier alpha value is -2.44. The van der Waals surface area contributed by atoms with Gasteiger partial charge in [-0.2, -0.15) is 0 Å². The summed E-state index contributed by atoms with van der Waals surface area (Å²) in [6.07, 6.45) is 1.08. The summed E-state index contributed by atoms with van der Waals surface area (Å²) in [7, 11) is 1.56. The topological polar surface area (TPSA) is 79.9 Å². The van der Waals surface area contributed by atoms with Gasteiger partial charge < -0.3 is 25.0 Å². The van der Waals surface area contributed by atoms with Gasteiger partial charge in [-0.3, -0.25) is 0 Å². The van der Waals surface area contributed by atoms with Crippen molar-refractivity contribution in [2.45, 2.75) is 45.3 Å². The van der Waals surface area contributed by atoms with Crippen LogP contribution in [0.25, 0.3) is 0 Å². The highest BCUT2D eigenvalue weighted by molar-refractivity contribution is 5.91. The number of ether oxygens (including phenoxy) is 2. The molecule has 0 atom stereocenters. The van der Waals surface area contributed by atoms with Crippen LogP contribution in [-0.2, 0) is 4.74 Å². The first kappa shape index (κ1) is 18.9. The Bertz CT molecular complexity index is 605. The molecule has 1 aromatic rings. The Labute approximate surface area is 148 Å². The molecular formula is C18H27N3O4. The minimum atomic E-state index is -0.499. The smallest absolute Gasteiger partial charge is 0.410 e. The predicted molar refractivity (Wildman–Crippen MR) is 96.0 cm³/mol. The second kappa shape index (κ2) is 8.09. The van der Waals surface area contributed by atoms with Crippen LogP contribution >= 0.6 is 0 Å². The van der Waals surface area contributed by atoms with Crippen LogP contribution in [0.15, 0.2) is 24.3 Å². The van der Waals surface area contributed by atoms with Gasteiger partial charge in [-0.15, -0.1) is 0 Å². The van der Waals surface area contributed by atoms with E-state index in [0.29, 0.717) is 37.4 Å². The fraction of sp³-hybridized carbons (Fsp3) is 0.556. The molecule has 2 rings (SSSR count). The predicted octanol–water partition coefficient (Wildman–Crippen LogP) is 3.22. The molecule has 3 amide bonds. The third kappa shape index (κ3) is 5.85. The molecular weight excluding hydrogens is 322 g/mol. The third-order valence-corrected chi connectivity index (χ3v) is 3.84. The van der Waals surface area contributed by atoms with Crippen molar-refractivity contribution in [2.75, 3.05) is 25.5 Å². The van der Waals surface area contributed by atoms with Gasteiger partial charge in [-0.25, -0.2) is 9.59 Å². The number of hydrogen-bond donors (Lipinski definition) is 2. The van der Waals surface area contributed by atoms with E-state index in [9.17, 15) is 9.59 Å².